The maximum absolute atomic E-state index is 5.90. The standard InChI is InChI=1S/C17H25NO2S/c1-6-7-8-20-15-9-12-11-17(2,3)18-16(21-5)13(12)10-14(15)19-4/h9-10H,6-8,11H2,1-5H3. The molecule has 0 bridgehead atoms. The van der Waals surface area contributed by atoms with Crippen LogP contribution in [0.5, 0.6) is 11.5 Å². The van der Waals surface area contributed by atoms with Crippen LogP contribution in [-0.2, 0) is 6.42 Å². The molecule has 21 heavy (non-hydrogen) atoms. The highest BCUT2D eigenvalue weighted by atomic mass is 32.2. The number of unbranched alkanes of at least 4 members (excludes halogenated alkanes) is 1. The molecule has 1 aromatic rings. The van der Waals surface area contributed by atoms with Gasteiger partial charge < -0.3 is 9.47 Å². The molecule has 0 aromatic heterocycles. The Bertz CT molecular complexity index is 538. The molecule has 1 aliphatic rings. The number of rotatable bonds is 5. The molecule has 0 fully saturated rings. The number of ether oxygens (including phenoxy) is 2. The summed E-state index contributed by atoms with van der Waals surface area (Å²) in [5, 5.41) is 1.08. The van der Waals surface area contributed by atoms with Crippen LogP contribution in [0.3, 0.4) is 0 Å². The minimum Gasteiger partial charge on any atom is -0.493 e. The third-order valence-corrected chi connectivity index (χ3v) is 4.29. The second-order valence-corrected chi connectivity index (χ2v) is 6.77. The fourth-order valence-electron chi connectivity index (χ4n) is 2.54. The summed E-state index contributed by atoms with van der Waals surface area (Å²) >= 11 is 1.69. The molecule has 2 rings (SSSR count). The molecule has 0 radical (unpaired) electrons. The van der Waals surface area contributed by atoms with Gasteiger partial charge in [0.2, 0.25) is 0 Å². The van der Waals surface area contributed by atoms with Gasteiger partial charge in [0.1, 0.15) is 0 Å². The first-order chi connectivity index (χ1) is 10.0. The molecule has 4 heteroatoms. The fraction of sp³-hybridized carbons (Fsp3) is 0.588. The lowest BCUT2D eigenvalue weighted by atomic mass is 9.89. The van der Waals surface area contributed by atoms with E-state index in [9.17, 15) is 0 Å². The van der Waals surface area contributed by atoms with E-state index in [-0.39, 0.29) is 5.54 Å². The first-order valence-corrected chi connectivity index (χ1v) is 8.71. The minimum atomic E-state index is -0.0549. The Morgan fingerprint density at radius 2 is 2.05 bits per heavy atom. The maximum Gasteiger partial charge on any atom is 0.161 e. The topological polar surface area (TPSA) is 30.8 Å². The van der Waals surface area contributed by atoms with Crippen molar-refractivity contribution in [3.05, 3.63) is 23.3 Å². The van der Waals surface area contributed by atoms with Crippen LogP contribution in [0.25, 0.3) is 0 Å². The van der Waals surface area contributed by atoms with Crippen molar-refractivity contribution in [3.8, 4) is 11.5 Å². The molecule has 1 aromatic carbocycles. The van der Waals surface area contributed by atoms with Crippen LogP contribution in [0.1, 0.15) is 44.7 Å². The molecule has 0 saturated heterocycles. The summed E-state index contributed by atoms with van der Waals surface area (Å²) in [6, 6.07) is 4.21. The van der Waals surface area contributed by atoms with E-state index >= 15 is 0 Å². The summed E-state index contributed by atoms with van der Waals surface area (Å²) in [6.45, 7) is 7.25. The lowest BCUT2D eigenvalue weighted by molar-refractivity contribution is 0.287. The minimum absolute atomic E-state index is 0.0549. The zero-order valence-electron chi connectivity index (χ0n) is 13.7. The first-order valence-electron chi connectivity index (χ1n) is 7.48. The van der Waals surface area contributed by atoms with E-state index in [1.807, 2.05) is 0 Å². The van der Waals surface area contributed by atoms with E-state index in [4.69, 9.17) is 14.5 Å². The number of methoxy groups -OCH3 is 1. The van der Waals surface area contributed by atoms with Gasteiger partial charge in [0.05, 0.1) is 24.3 Å². The van der Waals surface area contributed by atoms with E-state index in [0.29, 0.717) is 0 Å². The van der Waals surface area contributed by atoms with Crippen LogP contribution in [0, 0.1) is 0 Å². The monoisotopic (exact) mass is 307 g/mol. The number of aliphatic imine (C=N–C) groups is 1. The molecule has 1 aliphatic heterocycles. The molecule has 3 nitrogen and oxygen atoms in total. The summed E-state index contributed by atoms with van der Waals surface area (Å²) in [6.07, 6.45) is 5.19. The van der Waals surface area contributed by atoms with Crippen molar-refractivity contribution in [3.63, 3.8) is 0 Å². The van der Waals surface area contributed by atoms with Gasteiger partial charge in [0, 0.05) is 5.56 Å². The van der Waals surface area contributed by atoms with Gasteiger partial charge in [0.25, 0.3) is 0 Å². The molecule has 0 saturated carbocycles. The molecular weight excluding hydrogens is 282 g/mol. The second-order valence-electron chi connectivity index (χ2n) is 5.97. The Labute approximate surface area is 132 Å². The van der Waals surface area contributed by atoms with Gasteiger partial charge in [0.15, 0.2) is 11.5 Å². The van der Waals surface area contributed by atoms with Gasteiger partial charge in [-0.1, -0.05) is 13.3 Å². The lowest BCUT2D eigenvalue weighted by Crippen LogP contribution is -2.28. The summed E-state index contributed by atoms with van der Waals surface area (Å²) in [5.74, 6) is 1.65. The van der Waals surface area contributed by atoms with E-state index in [2.05, 4.69) is 39.2 Å². The van der Waals surface area contributed by atoms with E-state index in [0.717, 1.165) is 42.4 Å². The summed E-state index contributed by atoms with van der Waals surface area (Å²) in [5.41, 5.74) is 2.42. The highest BCUT2D eigenvalue weighted by Crippen LogP contribution is 2.37. The quantitative estimate of drug-likeness (QED) is 0.759. The highest BCUT2D eigenvalue weighted by Gasteiger charge is 2.28. The van der Waals surface area contributed by atoms with Crippen molar-refractivity contribution in [2.45, 2.75) is 45.6 Å². The van der Waals surface area contributed by atoms with E-state index < -0.39 is 0 Å². The maximum atomic E-state index is 5.90. The molecule has 0 spiro atoms. The van der Waals surface area contributed by atoms with Crippen LogP contribution in [0.15, 0.2) is 17.1 Å². The zero-order valence-corrected chi connectivity index (χ0v) is 14.5. The van der Waals surface area contributed by atoms with E-state index in [1.54, 1.807) is 18.9 Å². The Morgan fingerprint density at radius 1 is 1.29 bits per heavy atom. The van der Waals surface area contributed by atoms with Gasteiger partial charge in [-0.05, 0) is 50.6 Å². The van der Waals surface area contributed by atoms with Crippen LogP contribution in [0.2, 0.25) is 0 Å². The zero-order chi connectivity index (χ0) is 15.5. The van der Waals surface area contributed by atoms with Crippen molar-refractivity contribution < 1.29 is 9.47 Å². The Morgan fingerprint density at radius 3 is 2.67 bits per heavy atom. The van der Waals surface area contributed by atoms with Crippen LogP contribution < -0.4 is 9.47 Å². The van der Waals surface area contributed by atoms with Crippen molar-refractivity contribution in [2.24, 2.45) is 4.99 Å². The number of hydrogen-bond acceptors (Lipinski definition) is 4. The van der Waals surface area contributed by atoms with Crippen molar-refractivity contribution in [1.82, 2.24) is 0 Å². The molecule has 0 atom stereocenters. The summed E-state index contributed by atoms with van der Waals surface area (Å²) in [7, 11) is 1.69. The Balaban J connectivity index is 2.38. The van der Waals surface area contributed by atoms with Gasteiger partial charge in [-0.15, -0.1) is 11.8 Å². The van der Waals surface area contributed by atoms with Crippen LogP contribution in [0.4, 0.5) is 0 Å². The van der Waals surface area contributed by atoms with Gasteiger partial charge in [-0.3, -0.25) is 4.99 Å². The summed E-state index contributed by atoms with van der Waals surface area (Å²) in [4.78, 5) is 4.84. The first kappa shape index (κ1) is 16.2. The molecule has 0 aliphatic carbocycles. The van der Waals surface area contributed by atoms with Crippen LogP contribution >= 0.6 is 11.8 Å². The number of benzene rings is 1. The van der Waals surface area contributed by atoms with Crippen molar-refractivity contribution in [2.75, 3.05) is 20.0 Å². The van der Waals surface area contributed by atoms with Crippen molar-refractivity contribution >= 4 is 16.8 Å². The van der Waals surface area contributed by atoms with E-state index in [1.165, 1.54) is 11.1 Å². The molecular formula is C17H25NO2S. The number of thioether (sulfide) groups is 1. The SMILES string of the molecule is CCCCOc1cc2c(cc1OC)C(SC)=NC(C)(C)C2. The molecule has 0 N–H and O–H groups in total. The summed E-state index contributed by atoms with van der Waals surface area (Å²) < 4.78 is 11.4. The van der Waals surface area contributed by atoms with Gasteiger partial charge in [-0.2, -0.15) is 0 Å². The van der Waals surface area contributed by atoms with Crippen LogP contribution in [-0.4, -0.2) is 30.6 Å². The fourth-order valence-corrected chi connectivity index (χ4v) is 3.29. The Hall–Kier alpha value is -1.16. The number of nitrogens with zero attached hydrogens (tertiary/aromatic N) is 1. The lowest BCUT2D eigenvalue weighted by Gasteiger charge is -2.29. The number of fused-ring (bicyclic) bond motifs is 1. The van der Waals surface area contributed by atoms with Crippen molar-refractivity contribution in [1.29, 1.82) is 0 Å². The Kier molecular flexibility index (Phi) is 5.20. The third kappa shape index (κ3) is 3.73. The molecule has 0 amide bonds. The predicted octanol–water partition coefficient (Wildman–Crippen LogP) is 4.32. The molecule has 1 heterocycles. The molecule has 0 unspecified atom stereocenters. The highest BCUT2D eigenvalue weighted by molar-refractivity contribution is 8.13. The van der Waals surface area contributed by atoms with Gasteiger partial charge >= 0.3 is 0 Å². The molecule has 116 valence electrons. The smallest absolute Gasteiger partial charge is 0.161 e. The normalized spacial score (nSPS) is 16.1. The van der Waals surface area contributed by atoms with Gasteiger partial charge in [-0.25, -0.2) is 0 Å². The largest absolute Gasteiger partial charge is 0.493 e. The predicted molar refractivity (Wildman–Crippen MR) is 91.2 cm³/mol. The second kappa shape index (κ2) is 6.73. The average molecular weight is 307 g/mol. The third-order valence-electron chi connectivity index (χ3n) is 3.60. The average Bonchev–Trinajstić information content (AvgIpc) is 2.45. The number of hydrogen-bond donors (Lipinski definition) is 0.